The van der Waals surface area contributed by atoms with E-state index in [9.17, 15) is 0 Å². The van der Waals surface area contributed by atoms with Crippen molar-refractivity contribution in [2.45, 2.75) is 38.6 Å². The summed E-state index contributed by atoms with van der Waals surface area (Å²) in [6, 6.07) is 9.66. The standard InChI is InChI=1S/C14H21NS/c1-2-3-12-4-6-13(7-5-12)15-14-8-10-16-11-9-14/h4-7,14-15H,2-3,8-11H2,1H3. The van der Waals surface area contributed by atoms with Crippen LogP contribution >= 0.6 is 11.8 Å². The summed E-state index contributed by atoms with van der Waals surface area (Å²) in [4.78, 5) is 0. The predicted molar refractivity (Wildman–Crippen MR) is 74.4 cm³/mol. The third kappa shape index (κ3) is 3.44. The van der Waals surface area contributed by atoms with Crippen molar-refractivity contribution in [3.63, 3.8) is 0 Å². The second-order valence-corrected chi connectivity index (χ2v) is 5.70. The predicted octanol–water partition coefficient (Wildman–Crippen LogP) is 3.95. The molecule has 0 atom stereocenters. The zero-order valence-electron chi connectivity index (χ0n) is 10.0. The van der Waals surface area contributed by atoms with Gasteiger partial charge in [0.1, 0.15) is 0 Å². The molecule has 1 nitrogen and oxygen atoms in total. The van der Waals surface area contributed by atoms with Crippen LogP contribution in [-0.4, -0.2) is 17.5 Å². The monoisotopic (exact) mass is 235 g/mol. The van der Waals surface area contributed by atoms with Gasteiger partial charge >= 0.3 is 0 Å². The highest BCUT2D eigenvalue weighted by molar-refractivity contribution is 7.99. The Morgan fingerprint density at radius 3 is 2.50 bits per heavy atom. The number of thioether (sulfide) groups is 1. The highest BCUT2D eigenvalue weighted by Crippen LogP contribution is 2.21. The molecule has 0 unspecified atom stereocenters. The Labute approximate surface area is 103 Å². The first-order valence-electron chi connectivity index (χ1n) is 6.31. The van der Waals surface area contributed by atoms with Gasteiger partial charge in [-0.25, -0.2) is 0 Å². The van der Waals surface area contributed by atoms with Crippen molar-refractivity contribution < 1.29 is 0 Å². The van der Waals surface area contributed by atoms with Crippen molar-refractivity contribution in [2.75, 3.05) is 16.8 Å². The van der Waals surface area contributed by atoms with Crippen molar-refractivity contribution >= 4 is 17.4 Å². The molecule has 0 aliphatic carbocycles. The van der Waals surface area contributed by atoms with E-state index in [-0.39, 0.29) is 0 Å². The van der Waals surface area contributed by atoms with Gasteiger partial charge in [0.15, 0.2) is 0 Å². The van der Waals surface area contributed by atoms with E-state index in [2.05, 4.69) is 48.3 Å². The van der Waals surface area contributed by atoms with Gasteiger partial charge in [0.2, 0.25) is 0 Å². The highest BCUT2D eigenvalue weighted by atomic mass is 32.2. The molecular weight excluding hydrogens is 214 g/mol. The summed E-state index contributed by atoms with van der Waals surface area (Å²) < 4.78 is 0. The molecule has 1 saturated heterocycles. The first-order chi connectivity index (χ1) is 7.88. The van der Waals surface area contributed by atoms with E-state index in [1.54, 1.807) is 0 Å². The average molecular weight is 235 g/mol. The quantitative estimate of drug-likeness (QED) is 0.848. The van der Waals surface area contributed by atoms with E-state index in [4.69, 9.17) is 0 Å². The molecule has 0 aromatic heterocycles. The molecule has 0 amide bonds. The summed E-state index contributed by atoms with van der Waals surface area (Å²) in [6.07, 6.45) is 5.04. The summed E-state index contributed by atoms with van der Waals surface area (Å²) in [5.41, 5.74) is 2.74. The topological polar surface area (TPSA) is 12.0 Å². The van der Waals surface area contributed by atoms with Crippen LogP contribution in [0.2, 0.25) is 0 Å². The molecule has 2 heteroatoms. The summed E-state index contributed by atoms with van der Waals surface area (Å²) in [7, 11) is 0. The first kappa shape index (κ1) is 11.8. The number of hydrogen-bond donors (Lipinski definition) is 1. The Balaban J connectivity index is 1.88. The number of benzene rings is 1. The van der Waals surface area contributed by atoms with Crippen LogP contribution in [0.4, 0.5) is 5.69 Å². The zero-order chi connectivity index (χ0) is 11.2. The summed E-state index contributed by atoms with van der Waals surface area (Å²) in [6.45, 7) is 2.23. The van der Waals surface area contributed by atoms with E-state index in [0.29, 0.717) is 6.04 Å². The Morgan fingerprint density at radius 1 is 1.19 bits per heavy atom. The van der Waals surface area contributed by atoms with E-state index in [1.165, 1.54) is 48.4 Å². The molecule has 0 radical (unpaired) electrons. The maximum atomic E-state index is 3.64. The van der Waals surface area contributed by atoms with Gasteiger partial charge in [0.05, 0.1) is 0 Å². The molecule has 1 aliphatic rings. The van der Waals surface area contributed by atoms with Crippen LogP contribution in [0.5, 0.6) is 0 Å². The Kier molecular flexibility index (Phi) is 4.58. The number of anilines is 1. The SMILES string of the molecule is CCCc1ccc(NC2CCSCC2)cc1. The minimum Gasteiger partial charge on any atom is -0.382 e. The average Bonchev–Trinajstić information content (AvgIpc) is 2.33. The smallest absolute Gasteiger partial charge is 0.0342 e. The lowest BCUT2D eigenvalue weighted by Crippen LogP contribution is -2.24. The Hall–Kier alpha value is -0.630. The molecule has 1 fully saturated rings. The lowest BCUT2D eigenvalue weighted by molar-refractivity contribution is 0.667. The van der Waals surface area contributed by atoms with Crippen LogP contribution < -0.4 is 5.32 Å². The second-order valence-electron chi connectivity index (χ2n) is 4.48. The third-order valence-corrected chi connectivity index (χ3v) is 4.13. The normalized spacial score (nSPS) is 17.3. The van der Waals surface area contributed by atoms with Gasteiger partial charge in [-0.2, -0.15) is 11.8 Å². The minimum absolute atomic E-state index is 0.693. The van der Waals surface area contributed by atoms with Crippen LogP contribution in [0.15, 0.2) is 24.3 Å². The molecule has 2 rings (SSSR count). The molecule has 0 saturated carbocycles. The molecule has 1 N–H and O–H groups in total. The van der Waals surface area contributed by atoms with E-state index >= 15 is 0 Å². The fraction of sp³-hybridized carbons (Fsp3) is 0.571. The Morgan fingerprint density at radius 2 is 1.88 bits per heavy atom. The van der Waals surface area contributed by atoms with Gasteiger partial charge in [-0.1, -0.05) is 25.5 Å². The van der Waals surface area contributed by atoms with Gasteiger partial charge in [-0.05, 0) is 48.5 Å². The van der Waals surface area contributed by atoms with Gasteiger partial charge in [0, 0.05) is 11.7 Å². The lowest BCUT2D eigenvalue weighted by Gasteiger charge is -2.23. The fourth-order valence-corrected chi connectivity index (χ4v) is 3.24. The molecule has 1 aromatic rings. The van der Waals surface area contributed by atoms with Crippen molar-refractivity contribution in [1.82, 2.24) is 0 Å². The van der Waals surface area contributed by atoms with Crippen LogP contribution in [0, 0.1) is 0 Å². The maximum Gasteiger partial charge on any atom is 0.0342 e. The van der Waals surface area contributed by atoms with Crippen LogP contribution in [0.1, 0.15) is 31.7 Å². The molecule has 1 heterocycles. The van der Waals surface area contributed by atoms with Crippen LogP contribution in [0.25, 0.3) is 0 Å². The number of aryl methyl sites for hydroxylation is 1. The van der Waals surface area contributed by atoms with Crippen molar-refractivity contribution in [3.8, 4) is 0 Å². The van der Waals surface area contributed by atoms with Crippen molar-refractivity contribution in [3.05, 3.63) is 29.8 Å². The maximum absolute atomic E-state index is 3.64. The van der Waals surface area contributed by atoms with E-state index in [0.717, 1.165) is 0 Å². The lowest BCUT2D eigenvalue weighted by atomic mass is 10.1. The first-order valence-corrected chi connectivity index (χ1v) is 7.47. The number of rotatable bonds is 4. The molecule has 1 aromatic carbocycles. The molecule has 1 aliphatic heterocycles. The molecule has 88 valence electrons. The van der Waals surface area contributed by atoms with E-state index < -0.39 is 0 Å². The summed E-state index contributed by atoms with van der Waals surface area (Å²) in [5.74, 6) is 2.62. The Bertz CT molecular complexity index is 301. The van der Waals surface area contributed by atoms with Crippen molar-refractivity contribution in [2.24, 2.45) is 0 Å². The van der Waals surface area contributed by atoms with Gasteiger partial charge in [-0.15, -0.1) is 0 Å². The largest absolute Gasteiger partial charge is 0.382 e. The van der Waals surface area contributed by atoms with Gasteiger partial charge in [0.25, 0.3) is 0 Å². The van der Waals surface area contributed by atoms with Crippen LogP contribution in [-0.2, 0) is 6.42 Å². The van der Waals surface area contributed by atoms with Crippen LogP contribution in [0.3, 0.4) is 0 Å². The summed E-state index contributed by atoms with van der Waals surface area (Å²) in [5, 5.41) is 3.64. The van der Waals surface area contributed by atoms with E-state index in [1.807, 2.05) is 0 Å². The molecule has 0 bridgehead atoms. The minimum atomic E-state index is 0.693. The summed E-state index contributed by atoms with van der Waals surface area (Å²) >= 11 is 2.08. The zero-order valence-corrected chi connectivity index (χ0v) is 10.9. The fourth-order valence-electron chi connectivity index (χ4n) is 2.13. The molecule has 0 spiro atoms. The van der Waals surface area contributed by atoms with Crippen molar-refractivity contribution in [1.29, 1.82) is 0 Å². The molecular formula is C14H21NS. The molecule has 16 heavy (non-hydrogen) atoms. The highest BCUT2D eigenvalue weighted by Gasteiger charge is 2.12. The number of nitrogens with one attached hydrogen (secondary N) is 1. The second kappa shape index (κ2) is 6.19. The van der Waals surface area contributed by atoms with Gasteiger partial charge in [-0.3, -0.25) is 0 Å². The van der Waals surface area contributed by atoms with Gasteiger partial charge < -0.3 is 5.32 Å². The number of hydrogen-bond acceptors (Lipinski definition) is 2. The third-order valence-electron chi connectivity index (χ3n) is 3.08.